The lowest BCUT2D eigenvalue weighted by molar-refractivity contribution is -0.122. The molecule has 2 aliphatic carbocycles. The van der Waals surface area contributed by atoms with Crippen LogP contribution in [-0.2, 0) is 4.79 Å². The van der Waals surface area contributed by atoms with Gasteiger partial charge < -0.3 is 10.6 Å². The number of carbonyl (C=O) groups excluding carboxylic acids is 1. The SMILES string of the molecule is CNCCCCC(=O)NC1CC=C2CC(C)C[C@@H]2C1C. The minimum absolute atomic E-state index is 0.237. The standard InChI is InChI=1S/C17H30N2O/c1-12-10-14-7-8-16(13(2)15(14)11-12)19-17(20)6-4-5-9-18-3/h7,12-13,15-16,18H,4-6,8-11H2,1-3H3,(H,19,20)/t12?,13?,15-,16?/m1/s1. The zero-order valence-corrected chi connectivity index (χ0v) is 13.2. The van der Waals surface area contributed by atoms with E-state index >= 15 is 0 Å². The Morgan fingerprint density at radius 1 is 1.35 bits per heavy atom. The fraction of sp³-hybridized carbons (Fsp3) is 0.824. The smallest absolute Gasteiger partial charge is 0.220 e. The second-order valence-corrected chi connectivity index (χ2v) is 6.76. The molecule has 1 saturated carbocycles. The average molecular weight is 278 g/mol. The number of hydrogen-bond acceptors (Lipinski definition) is 2. The normalized spacial score (nSPS) is 32.6. The summed E-state index contributed by atoms with van der Waals surface area (Å²) in [6.07, 6.45) is 8.75. The van der Waals surface area contributed by atoms with E-state index in [-0.39, 0.29) is 5.91 Å². The van der Waals surface area contributed by atoms with E-state index in [9.17, 15) is 4.79 Å². The number of unbranched alkanes of at least 4 members (excludes halogenated alkanes) is 1. The number of fused-ring (bicyclic) bond motifs is 1. The molecule has 0 aromatic carbocycles. The van der Waals surface area contributed by atoms with Gasteiger partial charge in [0.1, 0.15) is 0 Å². The molecule has 3 heteroatoms. The Kier molecular flexibility index (Phi) is 5.64. The molecule has 0 aromatic heterocycles. The number of carbonyl (C=O) groups is 1. The van der Waals surface area contributed by atoms with Gasteiger partial charge in [-0.3, -0.25) is 4.79 Å². The third kappa shape index (κ3) is 3.85. The summed E-state index contributed by atoms with van der Waals surface area (Å²) in [6.45, 7) is 5.67. The molecule has 2 rings (SSSR count). The van der Waals surface area contributed by atoms with Gasteiger partial charge in [0.15, 0.2) is 0 Å². The summed E-state index contributed by atoms with van der Waals surface area (Å²) >= 11 is 0. The Labute approximate surface area is 123 Å². The maximum absolute atomic E-state index is 12.0. The summed E-state index contributed by atoms with van der Waals surface area (Å²) in [6, 6.07) is 0.353. The van der Waals surface area contributed by atoms with E-state index in [0.29, 0.717) is 24.3 Å². The van der Waals surface area contributed by atoms with Crippen LogP contribution in [0.25, 0.3) is 0 Å². The van der Waals surface area contributed by atoms with Crippen molar-refractivity contribution in [3.63, 3.8) is 0 Å². The molecule has 0 heterocycles. The van der Waals surface area contributed by atoms with E-state index < -0.39 is 0 Å². The minimum atomic E-state index is 0.237. The molecule has 0 aliphatic heterocycles. The van der Waals surface area contributed by atoms with Crippen molar-refractivity contribution >= 4 is 5.91 Å². The van der Waals surface area contributed by atoms with Gasteiger partial charge in [0, 0.05) is 12.5 Å². The van der Waals surface area contributed by atoms with Crippen LogP contribution in [0.5, 0.6) is 0 Å². The van der Waals surface area contributed by atoms with Gasteiger partial charge in [0.2, 0.25) is 5.91 Å². The molecule has 0 bridgehead atoms. The lowest BCUT2D eigenvalue weighted by Crippen LogP contribution is -2.43. The van der Waals surface area contributed by atoms with Gasteiger partial charge in [-0.1, -0.05) is 25.5 Å². The van der Waals surface area contributed by atoms with Crippen molar-refractivity contribution in [3.8, 4) is 0 Å². The first-order valence-corrected chi connectivity index (χ1v) is 8.24. The largest absolute Gasteiger partial charge is 0.353 e. The maximum Gasteiger partial charge on any atom is 0.220 e. The Morgan fingerprint density at radius 2 is 2.15 bits per heavy atom. The van der Waals surface area contributed by atoms with Crippen LogP contribution < -0.4 is 10.6 Å². The van der Waals surface area contributed by atoms with Crippen molar-refractivity contribution in [2.24, 2.45) is 17.8 Å². The van der Waals surface area contributed by atoms with Gasteiger partial charge in [-0.15, -0.1) is 0 Å². The molecule has 3 nitrogen and oxygen atoms in total. The van der Waals surface area contributed by atoms with Crippen LogP contribution in [0.1, 0.15) is 52.4 Å². The van der Waals surface area contributed by atoms with Crippen molar-refractivity contribution in [1.82, 2.24) is 10.6 Å². The van der Waals surface area contributed by atoms with E-state index in [1.165, 1.54) is 12.8 Å². The number of nitrogens with one attached hydrogen (secondary N) is 2. The summed E-state index contributed by atoms with van der Waals surface area (Å²) in [5, 5.41) is 6.39. The van der Waals surface area contributed by atoms with Crippen LogP contribution in [0.15, 0.2) is 11.6 Å². The van der Waals surface area contributed by atoms with Crippen LogP contribution in [0, 0.1) is 17.8 Å². The highest BCUT2D eigenvalue weighted by molar-refractivity contribution is 5.76. The molecule has 3 unspecified atom stereocenters. The number of hydrogen-bond donors (Lipinski definition) is 2. The fourth-order valence-electron chi connectivity index (χ4n) is 3.84. The predicted molar refractivity (Wildman–Crippen MR) is 83.5 cm³/mol. The first kappa shape index (κ1) is 15.6. The zero-order valence-electron chi connectivity index (χ0n) is 13.2. The van der Waals surface area contributed by atoms with Gasteiger partial charge >= 0.3 is 0 Å². The average Bonchev–Trinajstić information content (AvgIpc) is 2.80. The summed E-state index contributed by atoms with van der Waals surface area (Å²) in [4.78, 5) is 12.0. The molecule has 4 atom stereocenters. The fourth-order valence-corrected chi connectivity index (χ4v) is 3.84. The van der Waals surface area contributed by atoms with Gasteiger partial charge in [0.25, 0.3) is 0 Å². The van der Waals surface area contributed by atoms with Crippen molar-refractivity contribution in [2.45, 2.75) is 58.4 Å². The Bertz CT molecular complexity index is 364. The lowest BCUT2D eigenvalue weighted by Gasteiger charge is -2.34. The predicted octanol–water partition coefficient (Wildman–Crippen LogP) is 2.87. The molecule has 0 saturated heterocycles. The first-order chi connectivity index (χ1) is 9.61. The van der Waals surface area contributed by atoms with E-state index in [4.69, 9.17) is 0 Å². The quantitative estimate of drug-likeness (QED) is 0.579. The lowest BCUT2D eigenvalue weighted by atomic mass is 9.77. The maximum atomic E-state index is 12.0. The molecule has 2 N–H and O–H groups in total. The third-order valence-electron chi connectivity index (χ3n) is 5.05. The Hall–Kier alpha value is -0.830. The summed E-state index contributed by atoms with van der Waals surface area (Å²) in [5.74, 6) is 2.38. The van der Waals surface area contributed by atoms with Crippen LogP contribution in [0.3, 0.4) is 0 Å². The highest BCUT2D eigenvalue weighted by Gasteiger charge is 2.37. The molecule has 1 amide bonds. The van der Waals surface area contributed by atoms with E-state index in [1.807, 2.05) is 7.05 Å². The molecule has 0 spiro atoms. The van der Waals surface area contributed by atoms with Gasteiger partial charge in [-0.05, 0) is 63.5 Å². The number of allylic oxidation sites excluding steroid dienone is 1. The summed E-state index contributed by atoms with van der Waals surface area (Å²) in [5.41, 5.74) is 1.66. The highest BCUT2D eigenvalue weighted by Crippen LogP contribution is 2.44. The van der Waals surface area contributed by atoms with Crippen LogP contribution in [0.2, 0.25) is 0 Å². The van der Waals surface area contributed by atoms with Gasteiger partial charge in [-0.2, -0.15) is 0 Å². The van der Waals surface area contributed by atoms with Crippen LogP contribution in [0.4, 0.5) is 0 Å². The first-order valence-electron chi connectivity index (χ1n) is 8.24. The number of amides is 1. The van der Waals surface area contributed by atoms with Crippen molar-refractivity contribution in [2.75, 3.05) is 13.6 Å². The molecule has 0 radical (unpaired) electrons. The molecule has 20 heavy (non-hydrogen) atoms. The minimum Gasteiger partial charge on any atom is -0.353 e. The van der Waals surface area contributed by atoms with Crippen LogP contribution >= 0.6 is 0 Å². The summed E-state index contributed by atoms with van der Waals surface area (Å²) in [7, 11) is 1.95. The van der Waals surface area contributed by atoms with E-state index in [2.05, 4.69) is 30.6 Å². The van der Waals surface area contributed by atoms with Crippen LogP contribution in [-0.4, -0.2) is 25.5 Å². The molecular formula is C17H30N2O. The molecule has 0 aromatic rings. The Balaban J connectivity index is 1.78. The summed E-state index contributed by atoms with van der Waals surface area (Å²) < 4.78 is 0. The van der Waals surface area contributed by atoms with Crippen molar-refractivity contribution in [3.05, 3.63) is 11.6 Å². The van der Waals surface area contributed by atoms with E-state index in [1.54, 1.807) is 5.57 Å². The second-order valence-electron chi connectivity index (χ2n) is 6.76. The Morgan fingerprint density at radius 3 is 2.90 bits per heavy atom. The molecule has 1 fully saturated rings. The van der Waals surface area contributed by atoms with Gasteiger partial charge in [-0.25, -0.2) is 0 Å². The molecular weight excluding hydrogens is 248 g/mol. The molecule has 114 valence electrons. The van der Waals surface area contributed by atoms with Crippen molar-refractivity contribution in [1.29, 1.82) is 0 Å². The van der Waals surface area contributed by atoms with Gasteiger partial charge in [0.05, 0.1) is 0 Å². The second kappa shape index (κ2) is 7.26. The topological polar surface area (TPSA) is 41.1 Å². The zero-order chi connectivity index (χ0) is 14.5. The highest BCUT2D eigenvalue weighted by atomic mass is 16.1. The van der Waals surface area contributed by atoms with E-state index in [0.717, 1.165) is 31.7 Å². The molecule has 2 aliphatic rings. The van der Waals surface area contributed by atoms with Crippen molar-refractivity contribution < 1.29 is 4.79 Å². The third-order valence-corrected chi connectivity index (χ3v) is 5.05. The monoisotopic (exact) mass is 278 g/mol. The number of rotatable bonds is 6.